The second-order valence-corrected chi connectivity index (χ2v) is 5.73. The van der Waals surface area contributed by atoms with E-state index in [1.165, 1.54) is 12.8 Å². The van der Waals surface area contributed by atoms with E-state index in [0.29, 0.717) is 11.3 Å². The van der Waals surface area contributed by atoms with Gasteiger partial charge in [0.05, 0.1) is 6.10 Å². The van der Waals surface area contributed by atoms with Crippen LogP contribution in [-0.2, 0) is 9.53 Å². The van der Waals surface area contributed by atoms with Crippen LogP contribution in [0.1, 0.15) is 46.5 Å². The molecule has 2 atom stereocenters. The Morgan fingerprint density at radius 2 is 2.27 bits per heavy atom. The molecule has 88 valence electrons. The monoisotopic (exact) mass is 230 g/mol. The van der Waals surface area contributed by atoms with Crippen molar-refractivity contribution in [1.82, 2.24) is 0 Å². The quantitative estimate of drug-likeness (QED) is 0.751. The van der Waals surface area contributed by atoms with E-state index >= 15 is 0 Å². The zero-order valence-electron chi connectivity index (χ0n) is 9.95. The maximum absolute atomic E-state index is 10.7. The summed E-state index contributed by atoms with van der Waals surface area (Å²) in [5, 5.41) is -0.174. The van der Waals surface area contributed by atoms with Gasteiger partial charge in [-0.2, -0.15) is 0 Å². The summed E-state index contributed by atoms with van der Waals surface area (Å²) in [5.74, 6) is 0.676. The molecule has 1 rings (SSSR count). The van der Waals surface area contributed by atoms with Crippen molar-refractivity contribution in [3.8, 4) is 0 Å². The highest BCUT2D eigenvalue weighted by Crippen LogP contribution is 2.42. The van der Waals surface area contributed by atoms with Crippen molar-refractivity contribution in [3.63, 3.8) is 0 Å². The van der Waals surface area contributed by atoms with Gasteiger partial charge in [0.25, 0.3) is 0 Å². The summed E-state index contributed by atoms with van der Waals surface area (Å²) >= 11 is 3.72. The Morgan fingerprint density at radius 1 is 1.60 bits per heavy atom. The summed E-state index contributed by atoms with van der Waals surface area (Å²) in [6.07, 6.45) is 4.90. The minimum atomic E-state index is -0.174. The fourth-order valence-electron chi connectivity index (χ4n) is 2.31. The van der Waals surface area contributed by atoms with E-state index in [-0.39, 0.29) is 17.8 Å². The molecule has 0 aromatic rings. The van der Waals surface area contributed by atoms with Crippen LogP contribution in [0.25, 0.3) is 0 Å². The van der Waals surface area contributed by atoms with Gasteiger partial charge in [-0.1, -0.05) is 27.2 Å². The Kier molecular flexibility index (Phi) is 4.65. The molecule has 2 nitrogen and oxygen atoms in total. The number of rotatable bonds is 4. The molecule has 1 saturated carbocycles. The first-order valence-electron chi connectivity index (χ1n) is 5.77. The van der Waals surface area contributed by atoms with Gasteiger partial charge in [-0.05, 0) is 30.6 Å². The van der Waals surface area contributed by atoms with Crippen molar-refractivity contribution in [1.29, 1.82) is 0 Å². The fourth-order valence-corrected chi connectivity index (χ4v) is 2.39. The summed E-state index contributed by atoms with van der Waals surface area (Å²) in [5.41, 5.74) is 0.378. The number of hydrogen-bond acceptors (Lipinski definition) is 2. The molecule has 0 saturated heterocycles. The lowest BCUT2D eigenvalue weighted by atomic mass is 9.67. The van der Waals surface area contributed by atoms with Crippen LogP contribution in [0.15, 0.2) is 0 Å². The maximum Gasteiger partial charge on any atom is 0.211 e. The van der Waals surface area contributed by atoms with E-state index in [1.807, 2.05) is 0 Å². The smallest absolute Gasteiger partial charge is 0.211 e. The number of carbonyl (C=O) groups is 1. The van der Waals surface area contributed by atoms with Crippen molar-refractivity contribution in [3.05, 3.63) is 0 Å². The molecular formula is C12H22O2S. The van der Waals surface area contributed by atoms with Crippen LogP contribution in [0.2, 0.25) is 0 Å². The van der Waals surface area contributed by atoms with E-state index in [2.05, 4.69) is 33.4 Å². The van der Waals surface area contributed by atoms with Crippen LogP contribution in [-0.4, -0.2) is 17.8 Å². The largest absolute Gasteiger partial charge is 0.369 e. The summed E-state index contributed by atoms with van der Waals surface area (Å²) in [6, 6.07) is 0. The van der Waals surface area contributed by atoms with Crippen LogP contribution >= 0.6 is 12.6 Å². The van der Waals surface area contributed by atoms with Gasteiger partial charge >= 0.3 is 0 Å². The average molecular weight is 230 g/mol. The number of thiol groups is 1. The summed E-state index contributed by atoms with van der Waals surface area (Å²) in [6.45, 7) is 7.02. The predicted octanol–water partition coefficient (Wildman–Crippen LogP) is 3.06. The molecule has 1 aliphatic rings. The first kappa shape index (κ1) is 13.0. The molecule has 0 amide bonds. The Bertz CT molecular complexity index is 228. The molecule has 0 radical (unpaired) electrons. The standard InChI is InChI=1S/C12H22O2S/c1-9(2)12(3)6-4-5-10(7-12)14-8-11(13)15/h9-10H,4-8H2,1-3H3,(H,13,15). The van der Waals surface area contributed by atoms with Crippen LogP contribution in [0.4, 0.5) is 0 Å². The lowest BCUT2D eigenvalue weighted by Crippen LogP contribution is -2.35. The molecule has 0 aromatic carbocycles. The first-order chi connectivity index (χ1) is 6.94. The number of hydrogen-bond donors (Lipinski definition) is 1. The second-order valence-electron chi connectivity index (χ2n) is 5.23. The molecule has 1 aliphatic carbocycles. The number of ether oxygens (including phenoxy) is 1. The minimum Gasteiger partial charge on any atom is -0.369 e. The molecule has 0 aromatic heterocycles. The molecule has 2 unspecified atom stereocenters. The molecule has 0 N–H and O–H groups in total. The normalized spacial score (nSPS) is 31.9. The Hall–Kier alpha value is -0.0200. The van der Waals surface area contributed by atoms with E-state index in [0.717, 1.165) is 12.8 Å². The summed E-state index contributed by atoms with van der Waals surface area (Å²) < 4.78 is 5.56. The van der Waals surface area contributed by atoms with Crippen LogP contribution in [0.5, 0.6) is 0 Å². The van der Waals surface area contributed by atoms with Crippen molar-refractivity contribution < 1.29 is 9.53 Å². The van der Waals surface area contributed by atoms with Gasteiger partial charge in [-0.25, -0.2) is 0 Å². The van der Waals surface area contributed by atoms with E-state index < -0.39 is 0 Å². The molecule has 15 heavy (non-hydrogen) atoms. The highest BCUT2D eigenvalue weighted by molar-refractivity contribution is 7.96. The summed E-state index contributed by atoms with van der Waals surface area (Å²) in [4.78, 5) is 10.7. The summed E-state index contributed by atoms with van der Waals surface area (Å²) in [7, 11) is 0. The fraction of sp³-hybridized carbons (Fsp3) is 0.917. The van der Waals surface area contributed by atoms with Gasteiger partial charge in [0.1, 0.15) is 6.61 Å². The minimum absolute atomic E-state index is 0.155. The van der Waals surface area contributed by atoms with Gasteiger partial charge in [0, 0.05) is 0 Å². The van der Waals surface area contributed by atoms with E-state index in [1.54, 1.807) is 0 Å². The van der Waals surface area contributed by atoms with Crippen molar-refractivity contribution >= 4 is 17.7 Å². The topological polar surface area (TPSA) is 26.3 Å². The number of carbonyl (C=O) groups excluding carboxylic acids is 1. The SMILES string of the molecule is CC(C)C1(C)CCCC(OCC(=O)S)C1. The molecule has 3 heteroatoms. The van der Waals surface area contributed by atoms with Crippen LogP contribution < -0.4 is 0 Å². The van der Waals surface area contributed by atoms with Crippen molar-refractivity contribution in [2.24, 2.45) is 11.3 Å². The van der Waals surface area contributed by atoms with Gasteiger partial charge < -0.3 is 4.74 Å². The Morgan fingerprint density at radius 3 is 2.80 bits per heavy atom. The van der Waals surface area contributed by atoms with E-state index in [4.69, 9.17) is 4.74 Å². The van der Waals surface area contributed by atoms with Crippen molar-refractivity contribution in [2.45, 2.75) is 52.6 Å². The van der Waals surface area contributed by atoms with Gasteiger partial charge in [-0.15, -0.1) is 12.6 Å². The van der Waals surface area contributed by atoms with Gasteiger partial charge in [0.2, 0.25) is 5.12 Å². The van der Waals surface area contributed by atoms with Crippen LogP contribution in [0, 0.1) is 11.3 Å². The zero-order chi connectivity index (χ0) is 11.5. The highest BCUT2D eigenvalue weighted by Gasteiger charge is 2.35. The molecule has 0 spiro atoms. The van der Waals surface area contributed by atoms with E-state index in [9.17, 15) is 4.79 Å². The lowest BCUT2D eigenvalue weighted by Gasteiger charge is -2.41. The van der Waals surface area contributed by atoms with Crippen molar-refractivity contribution in [2.75, 3.05) is 6.61 Å². The van der Waals surface area contributed by atoms with Gasteiger partial charge in [-0.3, -0.25) is 4.79 Å². The second kappa shape index (κ2) is 5.35. The molecule has 0 aliphatic heterocycles. The Labute approximate surface area is 98.2 Å². The Balaban J connectivity index is 2.45. The third-order valence-electron chi connectivity index (χ3n) is 3.80. The zero-order valence-corrected chi connectivity index (χ0v) is 10.8. The average Bonchev–Trinajstić information content (AvgIpc) is 2.15. The first-order valence-corrected chi connectivity index (χ1v) is 6.22. The maximum atomic E-state index is 10.7. The van der Waals surface area contributed by atoms with Crippen LogP contribution in [0.3, 0.4) is 0 Å². The van der Waals surface area contributed by atoms with Gasteiger partial charge in [0.15, 0.2) is 0 Å². The third kappa shape index (κ3) is 3.80. The molecule has 1 fully saturated rings. The lowest BCUT2D eigenvalue weighted by molar-refractivity contribution is -0.119. The molecular weight excluding hydrogens is 208 g/mol. The molecule has 0 heterocycles. The highest BCUT2D eigenvalue weighted by atomic mass is 32.1. The third-order valence-corrected chi connectivity index (χ3v) is 3.93. The molecule has 0 bridgehead atoms. The predicted molar refractivity (Wildman–Crippen MR) is 65.1 cm³/mol.